The highest BCUT2D eigenvalue weighted by Crippen LogP contribution is 2.56. The van der Waals surface area contributed by atoms with Crippen molar-refractivity contribution in [2.75, 3.05) is 0 Å². The fraction of sp³-hybridized carbons (Fsp3) is 0.0169. The number of rotatable bonds is 7. The van der Waals surface area contributed by atoms with Gasteiger partial charge in [0.1, 0.15) is 0 Å². The lowest BCUT2D eigenvalue weighted by molar-refractivity contribution is 0.769. The molecule has 0 saturated carbocycles. The van der Waals surface area contributed by atoms with E-state index < -0.39 is 5.41 Å². The molecule has 0 atom stereocenters. The Morgan fingerprint density at radius 2 is 0.790 bits per heavy atom. The van der Waals surface area contributed by atoms with Crippen LogP contribution in [0.15, 0.2) is 231 Å². The minimum Gasteiger partial charge on any atom is -0.228 e. The van der Waals surface area contributed by atoms with Gasteiger partial charge in [-0.2, -0.15) is 0 Å². The van der Waals surface area contributed by atoms with E-state index in [0.29, 0.717) is 5.82 Å². The number of thiophene rings is 1. The van der Waals surface area contributed by atoms with E-state index in [1.54, 1.807) is 0 Å². The summed E-state index contributed by atoms with van der Waals surface area (Å²) >= 11 is 1.85. The van der Waals surface area contributed by atoms with Crippen LogP contribution in [-0.2, 0) is 5.41 Å². The molecule has 0 unspecified atom stereocenters. The molecular weight excluding hydrogens is 769 g/mol. The van der Waals surface area contributed by atoms with Crippen molar-refractivity contribution in [1.82, 2.24) is 9.97 Å². The van der Waals surface area contributed by atoms with Crippen molar-refractivity contribution in [2.45, 2.75) is 5.41 Å². The standard InChI is InChI=1S/C59H38N2S/c1-3-16-39(17-4-1)58-60-54(38-55(61-58)45-22-14-19-41(35-45)43-32-33-57-51(37-43)50-28-9-12-31-56(50)62-57)44-21-13-18-40(34-44)42-20-15-25-47(36-42)59(46-23-5-2-6-24-46)52-29-10-7-26-48(52)49-27-8-11-30-53(49)59/h1-38H. The lowest BCUT2D eigenvalue weighted by atomic mass is 9.67. The molecule has 0 spiro atoms. The first kappa shape index (κ1) is 36.2. The lowest BCUT2D eigenvalue weighted by Gasteiger charge is -2.34. The van der Waals surface area contributed by atoms with Crippen molar-refractivity contribution in [2.24, 2.45) is 0 Å². The van der Waals surface area contributed by atoms with Gasteiger partial charge in [-0.15, -0.1) is 11.3 Å². The van der Waals surface area contributed by atoms with Crippen LogP contribution in [0.2, 0.25) is 0 Å². The van der Waals surface area contributed by atoms with Crippen LogP contribution in [0.5, 0.6) is 0 Å². The molecule has 0 bridgehead atoms. The Kier molecular flexibility index (Phi) is 8.62. The average Bonchev–Trinajstić information content (AvgIpc) is 3.88. The largest absolute Gasteiger partial charge is 0.228 e. The van der Waals surface area contributed by atoms with E-state index in [1.165, 1.54) is 59.1 Å². The maximum absolute atomic E-state index is 5.24. The van der Waals surface area contributed by atoms with E-state index >= 15 is 0 Å². The third-order valence-corrected chi connectivity index (χ3v) is 13.7. The molecular formula is C59H38N2S. The molecule has 2 heterocycles. The van der Waals surface area contributed by atoms with Crippen LogP contribution in [0.4, 0.5) is 0 Å². The number of benzene rings is 9. The third-order valence-electron chi connectivity index (χ3n) is 12.6. The Labute approximate surface area is 365 Å². The lowest BCUT2D eigenvalue weighted by Crippen LogP contribution is -2.28. The van der Waals surface area contributed by atoms with Crippen molar-refractivity contribution in [1.29, 1.82) is 0 Å². The normalized spacial score (nSPS) is 12.6. The van der Waals surface area contributed by atoms with Gasteiger partial charge in [-0.25, -0.2) is 9.97 Å². The first-order chi connectivity index (χ1) is 30.7. The predicted molar refractivity (Wildman–Crippen MR) is 259 cm³/mol. The van der Waals surface area contributed by atoms with Gasteiger partial charge in [-0.3, -0.25) is 0 Å². The second-order valence-corrected chi connectivity index (χ2v) is 17.2. The molecule has 1 aliphatic rings. The molecule has 3 heteroatoms. The Morgan fingerprint density at radius 3 is 1.47 bits per heavy atom. The van der Waals surface area contributed by atoms with Gasteiger partial charge in [0.05, 0.1) is 16.8 Å². The zero-order chi connectivity index (χ0) is 41.0. The summed E-state index contributed by atoms with van der Waals surface area (Å²) in [5.74, 6) is 0.699. The van der Waals surface area contributed by atoms with E-state index in [1.807, 2.05) is 29.5 Å². The van der Waals surface area contributed by atoms with Crippen molar-refractivity contribution >= 4 is 31.5 Å². The van der Waals surface area contributed by atoms with Gasteiger partial charge in [0.25, 0.3) is 0 Å². The SMILES string of the molecule is c1ccc(-c2nc(-c3cccc(-c4cccc(C5(c6ccccc6)c6ccccc6-c6ccccc65)c4)c3)cc(-c3cccc(-c4ccc5sc6ccccc6c5c4)c3)n2)cc1. The summed E-state index contributed by atoms with van der Waals surface area (Å²) in [6.45, 7) is 0. The maximum atomic E-state index is 5.24. The van der Waals surface area contributed by atoms with Crippen molar-refractivity contribution in [3.63, 3.8) is 0 Å². The highest BCUT2D eigenvalue weighted by atomic mass is 32.1. The molecule has 62 heavy (non-hydrogen) atoms. The smallest absolute Gasteiger partial charge is 0.160 e. The Hall–Kier alpha value is -7.72. The second-order valence-electron chi connectivity index (χ2n) is 16.1. The maximum Gasteiger partial charge on any atom is 0.160 e. The zero-order valence-corrected chi connectivity index (χ0v) is 34.6. The minimum atomic E-state index is -0.466. The van der Waals surface area contributed by atoms with Crippen LogP contribution < -0.4 is 0 Å². The molecule has 0 aliphatic heterocycles. The number of hydrogen-bond donors (Lipinski definition) is 0. The van der Waals surface area contributed by atoms with Crippen LogP contribution in [0, 0.1) is 0 Å². The number of aromatic nitrogens is 2. The van der Waals surface area contributed by atoms with E-state index in [4.69, 9.17) is 9.97 Å². The highest BCUT2D eigenvalue weighted by molar-refractivity contribution is 7.25. The molecule has 12 rings (SSSR count). The van der Waals surface area contributed by atoms with Gasteiger partial charge in [0.15, 0.2) is 5.82 Å². The van der Waals surface area contributed by atoms with E-state index in [9.17, 15) is 0 Å². The summed E-state index contributed by atoms with van der Waals surface area (Å²) in [5.41, 5.74) is 16.7. The van der Waals surface area contributed by atoms with Gasteiger partial charge in [0, 0.05) is 36.9 Å². The van der Waals surface area contributed by atoms with Crippen LogP contribution >= 0.6 is 11.3 Å². The van der Waals surface area contributed by atoms with Gasteiger partial charge in [-0.05, 0) is 98.1 Å². The number of hydrogen-bond acceptors (Lipinski definition) is 3. The van der Waals surface area contributed by atoms with Crippen molar-refractivity contribution in [3.05, 3.63) is 253 Å². The van der Waals surface area contributed by atoms with Crippen LogP contribution in [0.3, 0.4) is 0 Å². The van der Waals surface area contributed by atoms with E-state index in [-0.39, 0.29) is 0 Å². The van der Waals surface area contributed by atoms with Gasteiger partial charge in [-0.1, -0.05) is 188 Å². The van der Waals surface area contributed by atoms with Crippen molar-refractivity contribution < 1.29 is 0 Å². The molecule has 0 amide bonds. The first-order valence-corrected chi connectivity index (χ1v) is 22.0. The van der Waals surface area contributed by atoms with Crippen LogP contribution in [-0.4, -0.2) is 9.97 Å². The molecule has 9 aromatic carbocycles. The molecule has 0 saturated heterocycles. The highest BCUT2D eigenvalue weighted by Gasteiger charge is 2.45. The predicted octanol–water partition coefficient (Wildman–Crippen LogP) is 15.5. The summed E-state index contributed by atoms with van der Waals surface area (Å²) in [7, 11) is 0. The zero-order valence-electron chi connectivity index (χ0n) is 33.7. The summed E-state index contributed by atoms with van der Waals surface area (Å²) in [4.78, 5) is 10.5. The molecule has 290 valence electrons. The molecule has 0 radical (unpaired) electrons. The summed E-state index contributed by atoms with van der Waals surface area (Å²) in [6.07, 6.45) is 0. The molecule has 0 N–H and O–H groups in total. The topological polar surface area (TPSA) is 25.8 Å². The van der Waals surface area contributed by atoms with E-state index in [0.717, 1.165) is 44.8 Å². The quantitative estimate of drug-likeness (QED) is 0.160. The van der Waals surface area contributed by atoms with Crippen LogP contribution in [0.25, 0.3) is 87.5 Å². The van der Waals surface area contributed by atoms with Gasteiger partial charge < -0.3 is 0 Å². The Bertz CT molecular complexity index is 3430. The number of nitrogens with zero attached hydrogens (tertiary/aromatic N) is 2. The first-order valence-electron chi connectivity index (χ1n) is 21.1. The molecule has 2 nitrogen and oxygen atoms in total. The Morgan fingerprint density at radius 1 is 0.306 bits per heavy atom. The van der Waals surface area contributed by atoms with Gasteiger partial charge in [0.2, 0.25) is 0 Å². The molecule has 1 aliphatic carbocycles. The average molecular weight is 807 g/mol. The van der Waals surface area contributed by atoms with Gasteiger partial charge >= 0.3 is 0 Å². The fourth-order valence-electron chi connectivity index (χ4n) is 9.73. The third kappa shape index (κ3) is 5.93. The van der Waals surface area contributed by atoms with Crippen molar-refractivity contribution in [3.8, 4) is 67.3 Å². The molecule has 11 aromatic rings. The van der Waals surface area contributed by atoms with Crippen LogP contribution in [0.1, 0.15) is 22.3 Å². The minimum absolute atomic E-state index is 0.466. The number of fused-ring (bicyclic) bond motifs is 6. The summed E-state index contributed by atoms with van der Waals surface area (Å²) in [6, 6.07) is 83.5. The Balaban J connectivity index is 0.973. The second kappa shape index (κ2) is 14.8. The molecule has 0 fully saturated rings. The monoisotopic (exact) mass is 806 g/mol. The van der Waals surface area contributed by atoms with E-state index in [2.05, 4.69) is 212 Å². The molecule has 2 aromatic heterocycles. The fourth-order valence-corrected chi connectivity index (χ4v) is 10.8. The summed E-state index contributed by atoms with van der Waals surface area (Å²) < 4.78 is 2.62. The summed E-state index contributed by atoms with van der Waals surface area (Å²) in [5, 5.41) is 2.60.